The minimum atomic E-state index is 0.0201. The topological polar surface area (TPSA) is 50.4 Å². The van der Waals surface area contributed by atoms with E-state index in [4.69, 9.17) is 4.74 Å². The summed E-state index contributed by atoms with van der Waals surface area (Å²) in [4.78, 5) is 11.2. The number of carbonyl (C=O) groups excluding carboxylic acids is 1. The van der Waals surface area contributed by atoms with Crippen LogP contribution < -0.4 is 10.6 Å². The number of rotatable bonds is 2. The lowest BCUT2D eigenvalue weighted by atomic mass is 10.1. The zero-order chi connectivity index (χ0) is 9.10. The maximum atomic E-state index is 11.2. The highest BCUT2D eigenvalue weighted by Gasteiger charge is 2.27. The molecule has 0 spiro atoms. The molecule has 74 valence electrons. The van der Waals surface area contributed by atoms with Crippen LogP contribution in [0.3, 0.4) is 0 Å². The van der Waals surface area contributed by atoms with E-state index in [1.54, 1.807) is 0 Å². The average Bonchev–Trinajstić information content (AvgIpc) is 2.54. The predicted octanol–water partition coefficient (Wildman–Crippen LogP) is -0.357. The molecule has 1 amide bonds. The summed E-state index contributed by atoms with van der Waals surface area (Å²) in [5, 5.41) is 6.15. The lowest BCUT2D eigenvalue weighted by Gasteiger charge is -2.25. The molecule has 0 aromatic carbocycles. The van der Waals surface area contributed by atoms with Gasteiger partial charge >= 0.3 is 0 Å². The third-order valence-corrected chi connectivity index (χ3v) is 2.65. The summed E-state index contributed by atoms with van der Waals surface area (Å²) in [6, 6.07) is 0.397. The van der Waals surface area contributed by atoms with Crippen molar-refractivity contribution >= 4 is 5.91 Å². The molecule has 2 fully saturated rings. The van der Waals surface area contributed by atoms with Gasteiger partial charge in [0.05, 0.1) is 12.6 Å². The Balaban J connectivity index is 1.79. The lowest BCUT2D eigenvalue weighted by Crippen LogP contribution is -2.46. The summed E-state index contributed by atoms with van der Waals surface area (Å²) in [5.74, 6) is 0.144. The van der Waals surface area contributed by atoms with Gasteiger partial charge in [-0.3, -0.25) is 4.79 Å². The number of ether oxygens (including phenoxy) is 1. The van der Waals surface area contributed by atoms with E-state index in [1.807, 2.05) is 0 Å². The fourth-order valence-electron chi connectivity index (χ4n) is 1.91. The summed E-state index contributed by atoms with van der Waals surface area (Å²) in [6.45, 7) is 2.43. The number of amides is 1. The zero-order valence-corrected chi connectivity index (χ0v) is 7.71. The number of hydrogen-bond acceptors (Lipinski definition) is 3. The van der Waals surface area contributed by atoms with Crippen molar-refractivity contribution in [3.05, 3.63) is 0 Å². The molecule has 0 radical (unpaired) electrons. The third-order valence-electron chi connectivity index (χ3n) is 2.65. The van der Waals surface area contributed by atoms with Gasteiger partial charge in [0.1, 0.15) is 0 Å². The molecule has 2 unspecified atom stereocenters. The molecule has 0 aliphatic carbocycles. The Hall–Kier alpha value is -0.610. The van der Waals surface area contributed by atoms with Crippen molar-refractivity contribution in [1.29, 1.82) is 0 Å². The highest BCUT2D eigenvalue weighted by molar-refractivity contribution is 5.83. The average molecular weight is 184 g/mol. The molecule has 2 atom stereocenters. The van der Waals surface area contributed by atoms with Crippen LogP contribution in [0, 0.1) is 0 Å². The van der Waals surface area contributed by atoms with Crippen molar-refractivity contribution in [3.8, 4) is 0 Å². The molecule has 4 heteroatoms. The van der Waals surface area contributed by atoms with Crippen LogP contribution >= 0.6 is 0 Å². The third kappa shape index (κ3) is 2.19. The Morgan fingerprint density at radius 1 is 1.46 bits per heavy atom. The van der Waals surface area contributed by atoms with E-state index in [9.17, 15) is 4.79 Å². The first-order valence-electron chi connectivity index (χ1n) is 4.98. The lowest BCUT2D eigenvalue weighted by molar-refractivity contribution is -0.121. The molecule has 0 bridgehead atoms. The van der Waals surface area contributed by atoms with Gasteiger partial charge in [-0.1, -0.05) is 0 Å². The SMILES string of the molecule is O=C1NCCC1NC1CCCOC1. The molecular formula is C9H16N2O2. The van der Waals surface area contributed by atoms with E-state index in [2.05, 4.69) is 10.6 Å². The molecule has 2 heterocycles. The van der Waals surface area contributed by atoms with Crippen molar-refractivity contribution in [3.63, 3.8) is 0 Å². The second kappa shape index (κ2) is 4.07. The zero-order valence-electron chi connectivity index (χ0n) is 7.71. The largest absolute Gasteiger partial charge is 0.380 e. The van der Waals surface area contributed by atoms with Gasteiger partial charge in [-0.05, 0) is 19.3 Å². The highest BCUT2D eigenvalue weighted by atomic mass is 16.5. The number of nitrogens with one attached hydrogen (secondary N) is 2. The minimum Gasteiger partial charge on any atom is -0.380 e. The molecular weight excluding hydrogens is 168 g/mol. The second-order valence-corrected chi connectivity index (χ2v) is 3.71. The van der Waals surface area contributed by atoms with Crippen molar-refractivity contribution in [2.45, 2.75) is 31.3 Å². The van der Waals surface area contributed by atoms with E-state index in [-0.39, 0.29) is 11.9 Å². The van der Waals surface area contributed by atoms with Gasteiger partial charge in [0.25, 0.3) is 0 Å². The predicted molar refractivity (Wildman–Crippen MR) is 48.4 cm³/mol. The maximum absolute atomic E-state index is 11.2. The maximum Gasteiger partial charge on any atom is 0.237 e. The Bertz CT molecular complexity index is 190. The van der Waals surface area contributed by atoms with Crippen LogP contribution in [-0.4, -0.2) is 37.7 Å². The molecule has 2 N–H and O–H groups in total. The molecule has 4 nitrogen and oxygen atoms in total. The Morgan fingerprint density at radius 3 is 3.00 bits per heavy atom. The Morgan fingerprint density at radius 2 is 2.38 bits per heavy atom. The fraction of sp³-hybridized carbons (Fsp3) is 0.889. The van der Waals surface area contributed by atoms with Gasteiger partial charge in [0, 0.05) is 19.2 Å². The van der Waals surface area contributed by atoms with Crippen LogP contribution in [0.25, 0.3) is 0 Å². The van der Waals surface area contributed by atoms with Gasteiger partial charge < -0.3 is 15.4 Å². The summed E-state index contributed by atoms with van der Waals surface area (Å²) in [5.41, 5.74) is 0. The molecule has 0 aromatic rings. The van der Waals surface area contributed by atoms with Crippen LogP contribution in [0.2, 0.25) is 0 Å². The first kappa shape index (κ1) is 8.97. The molecule has 2 aliphatic heterocycles. The van der Waals surface area contributed by atoms with E-state index in [1.165, 1.54) is 0 Å². The van der Waals surface area contributed by atoms with E-state index in [0.29, 0.717) is 6.04 Å². The first-order valence-corrected chi connectivity index (χ1v) is 4.98. The van der Waals surface area contributed by atoms with E-state index in [0.717, 1.165) is 39.0 Å². The summed E-state index contributed by atoms with van der Waals surface area (Å²) < 4.78 is 5.33. The second-order valence-electron chi connectivity index (χ2n) is 3.71. The monoisotopic (exact) mass is 184 g/mol. The van der Waals surface area contributed by atoms with Crippen molar-refractivity contribution in [2.24, 2.45) is 0 Å². The number of hydrogen-bond donors (Lipinski definition) is 2. The van der Waals surface area contributed by atoms with Crippen LogP contribution in [-0.2, 0) is 9.53 Å². The van der Waals surface area contributed by atoms with Crippen LogP contribution in [0.1, 0.15) is 19.3 Å². The van der Waals surface area contributed by atoms with Crippen LogP contribution in [0.15, 0.2) is 0 Å². The molecule has 13 heavy (non-hydrogen) atoms. The highest BCUT2D eigenvalue weighted by Crippen LogP contribution is 2.09. The van der Waals surface area contributed by atoms with E-state index >= 15 is 0 Å². The van der Waals surface area contributed by atoms with Gasteiger partial charge in [0.2, 0.25) is 5.91 Å². The standard InChI is InChI=1S/C9H16N2O2/c12-9-8(3-4-10-9)11-7-2-1-5-13-6-7/h7-8,11H,1-6H2,(H,10,12). The van der Waals surface area contributed by atoms with Crippen LogP contribution in [0.5, 0.6) is 0 Å². The molecule has 2 saturated heterocycles. The fourth-order valence-corrected chi connectivity index (χ4v) is 1.91. The normalized spacial score (nSPS) is 34.6. The minimum absolute atomic E-state index is 0.0201. The smallest absolute Gasteiger partial charge is 0.237 e. The first-order chi connectivity index (χ1) is 6.36. The van der Waals surface area contributed by atoms with Gasteiger partial charge in [-0.15, -0.1) is 0 Å². The van der Waals surface area contributed by atoms with Gasteiger partial charge in [-0.2, -0.15) is 0 Å². The van der Waals surface area contributed by atoms with Crippen molar-refractivity contribution < 1.29 is 9.53 Å². The Labute approximate surface area is 78.0 Å². The summed E-state index contributed by atoms with van der Waals surface area (Å²) >= 11 is 0. The van der Waals surface area contributed by atoms with Crippen molar-refractivity contribution in [2.75, 3.05) is 19.8 Å². The van der Waals surface area contributed by atoms with Gasteiger partial charge in [-0.25, -0.2) is 0 Å². The summed E-state index contributed by atoms with van der Waals surface area (Å²) in [7, 11) is 0. The van der Waals surface area contributed by atoms with Crippen LogP contribution in [0.4, 0.5) is 0 Å². The number of carbonyl (C=O) groups is 1. The molecule has 0 saturated carbocycles. The Kier molecular flexibility index (Phi) is 2.80. The quantitative estimate of drug-likeness (QED) is 0.616. The molecule has 2 rings (SSSR count). The van der Waals surface area contributed by atoms with E-state index < -0.39 is 0 Å². The molecule has 0 aromatic heterocycles. The molecule has 2 aliphatic rings. The van der Waals surface area contributed by atoms with Gasteiger partial charge in [0.15, 0.2) is 0 Å². The summed E-state index contributed by atoms with van der Waals surface area (Å²) in [6.07, 6.45) is 3.14. The van der Waals surface area contributed by atoms with Crippen molar-refractivity contribution in [1.82, 2.24) is 10.6 Å².